The van der Waals surface area contributed by atoms with E-state index in [0.717, 1.165) is 24.0 Å². The highest BCUT2D eigenvalue weighted by Crippen LogP contribution is 2.34. The number of rotatable bonds is 7. The summed E-state index contributed by atoms with van der Waals surface area (Å²) in [5.41, 5.74) is 1.57. The summed E-state index contributed by atoms with van der Waals surface area (Å²) in [6.07, 6.45) is 7.61. The fraction of sp³-hybridized carbons (Fsp3) is 0.316. The highest BCUT2D eigenvalue weighted by molar-refractivity contribution is 5.70. The van der Waals surface area contributed by atoms with E-state index in [4.69, 9.17) is 4.74 Å². The van der Waals surface area contributed by atoms with Crippen molar-refractivity contribution >= 4 is 12.2 Å². The maximum Gasteiger partial charge on any atom is 0.387 e. The number of pyridine rings is 1. The molecule has 0 N–H and O–H groups in total. The first-order valence-electron chi connectivity index (χ1n) is 8.08. The number of nitrogens with zero attached hydrogens (tertiary/aromatic N) is 1. The van der Waals surface area contributed by atoms with Crippen molar-refractivity contribution in [1.82, 2.24) is 4.57 Å². The maximum absolute atomic E-state index is 12.5. The molecule has 0 unspecified atom stereocenters. The predicted molar refractivity (Wildman–Crippen MR) is 91.9 cm³/mol. The van der Waals surface area contributed by atoms with Crippen molar-refractivity contribution in [2.45, 2.75) is 19.5 Å². The lowest BCUT2D eigenvalue weighted by Gasteiger charge is -2.12. The van der Waals surface area contributed by atoms with Gasteiger partial charge in [0.25, 0.3) is 0 Å². The van der Waals surface area contributed by atoms with Gasteiger partial charge in [0.15, 0.2) is 11.5 Å². The van der Waals surface area contributed by atoms with Gasteiger partial charge in [-0.05, 0) is 48.1 Å². The Bertz CT molecular complexity index is 826. The van der Waals surface area contributed by atoms with Crippen LogP contribution in [-0.2, 0) is 7.05 Å². The van der Waals surface area contributed by atoms with E-state index in [1.165, 1.54) is 16.7 Å². The van der Waals surface area contributed by atoms with Crippen molar-refractivity contribution < 1.29 is 18.3 Å². The number of aromatic nitrogens is 1. The first-order valence-corrected chi connectivity index (χ1v) is 8.08. The minimum atomic E-state index is -2.89. The zero-order chi connectivity index (χ0) is 17.8. The van der Waals surface area contributed by atoms with Gasteiger partial charge in [0.2, 0.25) is 5.56 Å². The smallest absolute Gasteiger partial charge is 0.387 e. The number of alkyl halides is 2. The fourth-order valence-electron chi connectivity index (χ4n) is 2.33. The molecular formula is C19H19F2NO3. The summed E-state index contributed by atoms with van der Waals surface area (Å²) in [5.74, 6) is 0.855. The second kappa shape index (κ2) is 7.51. The lowest BCUT2D eigenvalue weighted by atomic mass is 10.1. The quantitative estimate of drug-likeness (QED) is 0.762. The van der Waals surface area contributed by atoms with Crippen LogP contribution in [0, 0.1) is 5.92 Å². The van der Waals surface area contributed by atoms with Crippen molar-refractivity contribution in [2.75, 3.05) is 6.61 Å². The van der Waals surface area contributed by atoms with Crippen LogP contribution in [0.2, 0.25) is 0 Å². The minimum absolute atomic E-state index is 0.0370. The SMILES string of the molecule is Cn1cc(/C=C/c2ccc(OC(F)F)c(OCC3CC3)c2)ccc1=O. The van der Waals surface area contributed by atoms with Crippen LogP contribution in [0.5, 0.6) is 11.5 Å². The molecule has 0 bridgehead atoms. The molecule has 1 heterocycles. The van der Waals surface area contributed by atoms with Crippen LogP contribution in [0.25, 0.3) is 12.2 Å². The van der Waals surface area contributed by atoms with E-state index in [0.29, 0.717) is 18.3 Å². The Morgan fingerprint density at radius 3 is 2.56 bits per heavy atom. The molecule has 0 atom stereocenters. The van der Waals surface area contributed by atoms with E-state index in [9.17, 15) is 13.6 Å². The molecule has 0 amide bonds. The second-order valence-corrected chi connectivity index (χ2v) is 6.08. The molecule has 1 aromatic carbocycles. The summed E-state index contributed by atoms with van der Waals surface area (Å²) in [4.78, 5) is 11.4. The van der Waals surface area contributed by atoms with Gasteiger partial charge in [0.05, 0.1) is 6.61 Å². The number of benzene rings is 1. The topological polar surface area (TPSA) is 40.5 Å². The Kier molecular flexibility index (Phi) is 5.16. The number of ether oxygens (including phenoxy) is 2. The van der Waals surface area contributed by atoms with Gasteiger partial charge in [0, 0.05) is 19.3 Å². The summed E-state index contributed by atoms with van der Waals surface area (Å²) in [6.45, 7) is -2.39. The highest BCUT2D eigenvalue weighted by Gasteiger charge is 2.23. The van der Waals surface area contributed by atoms with E-state index in [1.807, 2.05) is 12.2 Å². The molecule has 0 spiro atoms. The lowest BCUT2D eigenvalue weighted by Crippen LogP contribution is -2.13. The maximum atomic E-state index is 12.5. The number of halogens is 2. The monoisotopic (exact) mass is 347 g/mol. The second-order valence-electron chi connectivity index (χ2n) is 6.08. The van der Waals surface area contributed by atoms with Crippen LogP contribution in [0.15, 0.2) is 41.3 Å². The van der Waals surface area contributed by atoms with Crippen LogP contribution in [0.1, 0.15) is 24.0 Å². The zero-order valence-corrected chi connectivity index (χ0v) is 13.8. The van der Waals surface area contributed by atoms with Gasteiger partial charge in [0.1, 0.15) is 0 Å². The number of aryl methyl sites for hydroxylation is 1. The largest absolute Gasteiger partial charge is 0.489 e. The minimum Gasteiger partial charge on any atom is -0.489 e. The van der Waals surface area contributed by atoms with E-state index in [-0.39, 0.29) is 11.3 Å². The van der Waals surface area contributed by atoms with E-state index < -0.39 is 6.61 Å². The molecule has 2 aromatic rings. The summed E-state index contributed by atoms with van der Waals surface area (Å²) >= 11 is 0. The molecule has 6 heteroatoms. The molecule has 1 aliphatic carbocycles. The third-order valence-electron chi connectivity index (χ3n) is 3.93. The van der Waals surface area contributed by atoms with Crippen LogP contribution in [0.3, 0.4) is 0 Å². The molecule has 1 saturated carbocycles. The Hall–Kier alpha value is -2.63. The van der Waals surface area contributed by atoms with Crippen LogP contribution in [-0.4, -0.2) is 17.8 Å². The van der Waals surface area contributed by atoms with Gasteiger partial charge in [-0.3, -0.25) is 4.79 Å². The third-order valence-corrected chi connectivity index (χ3v) is 3.93. The summed E-state index contributed by atoms with van der Waals surface area (Å²) in [5, 5.41) is 0. The Morgan fingerprint density at radius 1 is 1.16 bits per heavy atom. The molecular weight excluding hydrogens is 328 g/mol. The Morgan fingerprint density at radius 2 is 1.88 bits per heavy atom. The first kappa shape index (κ1) is 17.2. The zero-order valence-electron chi connectivity index (χ0n) is 13.8. The fourth-order valence-corrected chi connectivity index (χ4v) is 2.33. The van der Waals surface area contributed by atoms with Crippen molar-refractivity contribution in [3.63, 3.8) is 0 Å². The predicted octanol–water partition coefficient (Wildman–Crippen LogP) is 3.95. The van der Waals surface area contributed by atoms with Gasteiger partial charge in [-0.25, -0.2) is 0 Å². The van der Waals surface area contributed by atoms with Crippen LogP contribution in [0.4, 0.5) is 8.78 Å². The molecule has 0 radical (unpaired) electrons. The molecule has 132 valence electrons. The number of hydrogen-bond donors (Lipinski definition) is 0. The van der Waals surface area contributed by atoms with Crippen molar-refractivity contribution in [3.05, 3.63) is 58.0 Å². The average molecular weight is 347 g/mol. The molecule has 0 aliphatic heterocycles. The Balaban J connectivity index is 1.79. The molecule has 0 saturated heterocycles. The van der Waals surface area contributed by atoms with Crippen LogP contribution < -0.4 is 15.0 Å². The van der Waals surface area contributed by atoms with Gasteiger partial charge >= 0.3 is 6.61 Å². The summed E-state index contributed by atoms with van der Waals surface area (Å²) < 4.78 is 36.7. The standard InChI is InChI=1S/C19H19F2NO3/c1-22-11-14(7-9-18(22)23)3-2-13-6-8-16(25-19(20)21)17(10-13)24-12-15-4-5-15/h2-3,6-11,15,19H,4-5,12H2,1H3/b3-2+. The van der Waals surface area contributed by atoms with Crippen LogP contribution >= 0.6 is 0 Å². The Labute approximate surface area is 144 Å². The average Bonchev–Trinajstić information content (AvgIpc) is 3.39. The third kappa shape index (κ3) is 4.92. The molecule has 1 aromatic heterocycles. The van der Waals surface area contributed by atoms with Crippen molar-refractivity contribution in [1.29, 1.82) is 0 Å². The normalized spacial score (nSPS) is 14.2. The molecule has 1 aliphatic rings. The number of hydrogen-bond acceptors (Lipinski definition) is 3. The van der Waals surface area contributed by atoms with Gasteiger partial charge in [-0.1, -0.05) is 18.2 Å². The van der Waals surface area contributed by atoms with Gasteiger partial charge in [-0.15, -0.1) is 0 Å². The first-order chi connectivity index (χ1) is 12.0. The van der Waals surface area contributed by atoms with Crippen molar-refractivity contribution in [3.8, 4) is 11.5 Å². The van der Waals surface area contributed by atoms with E-state index in [1.54, 1.807) is 31.4 Å². The lowest BCUT2D eigenvalue weighted by molar-refractivity contribution is -0.0515. The van der Waals surface area contributed by atoms with Gasteiger partial charge < -0.3 is 14.0 Å². The van der Waals surface area contributed by atoms with Gasteiger partial charge in [-0.2, -0.15) is 8.78 Å². The van der Waals surface area contributed by atoms with Crippen molar-refractivity contribution in [2.24, 2.45) is 13.0 Å². The molecule has 3 rings (SSSR count). The molecule has 25 heavy (non-hydrogen) atoms. The summed E-state index contributed by atoms with van der Waals surface area (Å²) in [6, 6.07) is 8.05. The van der Waals surface area contributed by atoms with E-state index >= 15 is 0 Å². The van der Waals surface area contributed by atoms with E-state index in [2.05, 4.69) is 4.74 Å². The summed E-state index contributed by atoms with van der Waals surface area (Å²) in [7, 11) is 1.68. The molecule has 1 fully saturated rings. The highest BCUT2D eigenvalue weighted by atomic mass is 19.3. The molecule has 4 nitrogen and oxygen atoms in total.